The van der Waals surface area contributed by atoms with Gasteiger partial charge in [0, 0.05) is 12.5 Å². The zero-order valence-corrected chi connectivity index (χ0v) is 9.95. The van der Waals surface area contributed by atoms with E-state index in [-0.39, 0.29) is 11.9 Å². The predicted molar refractivity (Wildman–Crippen MR) is 63.3 cm³/mol. The van der Waals surface area contributed by atoms with E-state index < -0.39 is 0 Å². The molecule has 1 rings (SSSR count). The highest BCUT2D eigenvalue weighted by molar-refractivity contribution is 5.91. The molecule has 16 heavy (non-hydrogen) atoms. The summed E-state index contributed by atoms with van der Waals surface area (Å²) in [5.41, 5.74) is 5.47. The fourth-order valence-electron chi connectivity index (χ4n) is 1.53. The van der Waals surface area contributed by atoms with Crippen molar-refractivity contribution in [2.75, 3.05) is 6.54 Å². The van der Waals surface area contributed by atoms with Gasteiger partial charge in [-0.1, -0.05) is 13.8 Å². The highest BCUT2D eigenvalue weighted by Gasteiger charge is 2.14. The van der Waals surface area contributed by atoms with Crippen LogP contribution in [0.5, 0.6) is 0 Å². The average Bonchev–Trinajstić information content (AvgIpc) is 2.76. The Morgan fingerprint density at radius 1 is 1.50 bits per heavy atom. The molecule has 0 saturated carbocycles. The van der Waals surface area contributed by atoms with E-state index in [0.29, 0.717) is 12.3 Å². The van der Waals surface area contributed by atoms with E-state index in [1.807, 2.05) is 19.9 Å². The molecule has 0 aliphatic carbocycles. The third-order valence-corrected chi connectivity index (χ3v) is 2.58. The highest BCUT2D eigenvalue weighted by Crippen LogP contribution is 2.09. The Bertz CT molecular complexity index is 334. The second-order valence-corrected chi connectivity index (χ2v) is 3.78. The van der Waals surface area contributed by atoms with Gasteiger partial charge in [0.05, 0.1) is 0 Å². The van der Waals surface area contributed by atoms with Crippen LogP contribution in [0.3, 0.4) is 0 Å². The number of rotatable bonds is 6. The van der Waals surface area contributed by atoms with Gasteiger partial charge >= 0.3 is 0 Å². The van der Waals surface area contributed by atoms with Crippen LogP contribution in [0.1, 0.15) is 43.0 Å². The molecule has 0 spiro atoms. The molecule has 1 aromatic heterocycles. The van der Waals surface area contributed by atoms with Crippen LogP contribution in [0.4, 0.5) is 0 Å². The van der Waals surface area contributed by atoms with E-state index in [9.17, 15) is 4.79 Å². The molecule has 1 unspecified atom stereocenters. The first-order valence-electron chi connectivity index (χ1n) is 5.80. The maximum Gasteiger partial charge on any atom is 0.287 e. The topological polar surface area (TPSA) is 68.3 Å². The third-order valence-electron chi connectivity index (χ3n) is 2.58. The van der Waals surface area contributed by atoms with Crippen LogP contribution < -0.4 is 11.1 Å². The van der Waals surface area contributed by atoms with Crippen molar-refractivity contribution in [3.63, 3.8) is 0 Å². The maximum absolute atomic E-state index is 11.8. The van der Waals surface area contributed by atoms with Crippen molar-refractivity contribution in [2.45, 2.75) is 39.2 Å². The Balaban J connectivity index is 2.56. The molecule has 0 bridgehead atoms. The molecule has 4 nitrogen and oxygen atoms in total. The lowest BCUT2D eigenvalue weighted by Crippen LogP contribution is -2.35. The molecule has 0 aliphatic rings. The zero-order valence-electron chi connectivity index (χ0n) is 9.95. The lowest BCUT2D eigenvalue weighted by Gasteiger charge is -2.14. The molecule has 0 saturated heterocycles. The van der Waals surface area contributed by atoms with Gasteiger partial charge in [0.15, 0.2) is 5.76 Å². The van der Waals surface area contributed by atoms with Crippen LogP contribution in [-0.4, -0.2) is 18.5 Å². The summed E-state index contributed by atoms with van der Waals surface area (Å²) in [7, 11) is 0. The minimum Gasteiger partial charge on any atom is -0.456 e. The molecule has 1 amide bonds. The van der Waals surface area contributed by atoms with E-state index in [0.717, 1.165) is 25.0 Å². The first-order valence-corrected chi connectivity index (χ1v) is 5.80. The number of carbonyl (C=O) groups is 1. The summed E-state index contributed by atoms with van der Waals surface area (Å²) in [6.45, 7) is 4.60. The van der Waals surface area contributed by atoms with Crippen molar-refractivity contribution in [3.05, 3.63) is 23.7 Å². The molecular weight excluding hydrogens is 204 g/mol. The second kappa shape index (κ2) is 6.33. The summed E-state index contributed by atoms with van der Waals surface area (Å²) in [4.78, 5) is 11.8. The lowest BCUT2D eigenvalue weighted by molar-refractivity contribution is 0.0904. The molecular formula is C12H20N2O2. The van der Waals surface area contributed by atoms with Gasteiger partial charge in [0.2, 0.25) is 0 Å². The molecule has 1 heterocycles. The van der Waals surface area contributed by atoms with E-state index in [1.165, 1.54) is 0 Å². The van der Waals surface area contributed by atoms with Crippen molar-refractivity contribution in [1.82, 2.24) is 5.32 Å². The standard InChI is InChI=1S/C12H20N2O2/c1-3-9(7-8-13)14-12(15)11-6-5-10(4-2)16-11/h5-6,9H,3-4,7-8,13H2,1-2H3,(H,14,15). The fraction of sp³-hybridized carbons (Fsp3) is 0.583. The van der Waals surface area contributed by atoms with E-state index in [1.54, 1.807) is 6.07 Å². The average molecular weight is 224 g/mol. The Kier molecular flexibility index (Phi) is 5.05. The second-order valence-electron chi connectivity index (χ2n) is 3.78. The first kappa shape index (κ1) is 12.8. The molecule has 0 fully saturated rings. The SMILES string of the molecule is CCc1ccc(C(=O)NC(CC)CCN)o1. The van der Waals surface area contributed by atoms with E-state index in [2.05, 4.69) is 5.32 Å². The number of amides is 1. The van der Waals surface area contributed by atoms with Gasteiger partial charge in [-0.2, -0.15) is 0 Å². The normalized spacial score (nSPS) is 12.4. The minimum absolute atomic E-state index is 0.132. The van der Waals surface area contributed by atoms with Crippen molar-refractivity contribution >= 4 is 5.91 Å². The van der Waals surface area contributed by atoms with Crippen LogP contribution in [0.15, 0.2) is 16.5 Å². The number of aryl methyl sites for hydroxylation is 1. The highest BCUT2D eigenvalue weighted by atomic mass is 16.3. The van der Waals surface area contributed by atoms with Crippen molar-refractivity contribution in [3.8, 4) is 0 Å². The van der Waals surface area contributed by atoms with Gasteiger partial charge in [-0.25, -0.2) is 0 Å². The van der Waals surface area contributed by atoms with Crippen molar-refractivity contribution < 1.29 is 9.21 Å². The van der Waals surface area contributed by atoms with Gasteiger partial charge in [-0.3, -0.25) is 4.79 Å². The first-order chi connectivity index (χ1) is 7.71. The van der Waals surface area contributed by atoms with Crippen LogP contribution in [0.25, 0.3) is 0 Å². The Morgan fingerprint density at radius 2 is 2.25 bits per heavy atom. The largest absolute Gasteiger partial charge is 0.456 e. The van der Waals surface area contributed by atoms with Crippen LogP contribution in [-0.2, 0) is 6.42 Å². The zero-order chi connectivity index (χ0) is 12.0. The number of nitrogens with two attached hydrogens (primary N) is 1. The Morgan fingerprint density at radius 3 is 2.75 bits per heavy atom. The van der Waals surface area contributed by atoms with Crippen molar-refractivity contribution in [2.24, 2.45) is 5.73 Å². The van der Waals surface area contributed by atoms with Crippen LogP contribution >= 0.6 is 0 Å². The quantitative estimate of drug-likeness (QED) is 0.772. The van der Waals surface area contributed by atoms with E-state index >= 15 is 0 Å². The van der Waals surface area contributed by atoms with Gasteiger partial charge in [-0.05, 0) is 31.5 Å². The predicted octanol–water partition coefficient (Wildman–Crippen LogP) is 1.70. The molecule has 1 atom stereocenters. The van der Waals surface area contributed by atoms with Gasteiger partial charge in [0.1, 0.15) is 5.76 Å². The molecule has 90 valence electrons. The molecule has 1 aromatic rings. The van der Waals surface area contributed by atoms with Gasteiger partial charge in [0.25, 0.3) is 5.91 Å². The minimum atomic E-state index is -0.153. The Labute approximate surface area is 96.2 Å². The summed E-state index contributed by atoms with van der Waals surface area (Å²) in [5, 5.41) is 2.91. The number of carbonyl (C=O) groups excluding carboxylic acids is 1. The maximum atomic E-state index is 11.8. The number of hydrogen-bond acceptors (Lipinski definition) is 3. The summed E-state index contributed by atoms with van der Waals surface area (Å²) in [6.07, 6.45) is 2.47. The van der Waals surface area contributed by atoms with Crippen LogP contribution in [0, 0.1) is 0 Å². The van der Waals surface area contributed by atoms with Crippen LogP contribution in [0.2, 0.25) is 0 Å². The van der Waals surface area contributed by atoms with Gasteiger partial charge in [-0.15, -0.1) is 0 Å². The number of furan rings is 1. The summed E-state index contributed by atoms with van der Waals surface area (Å²) < 4.78 is 5.37. The summed E-state index contributed by atoms with van der Waals surface area (Å²) in [5.74, 6) is 1.06. The monoisotopic (exact) mass is 224 g/mol. The smallest absolute Gasteiger partial charge is 0.287 e. The lowest BCUT2D eigenvalue weighted by atomic mass is 10.1. The molecule has 3 N–H and O–H groups in total. The summed E-state index contributed by atoms with van der Waals surface area (Å²) >= 11 is 0. The fourth-order valence-corrected chi connectivity index (χ4v) is 1.53. The molecule has 0 radical (unpaired) electrons. The Hall–Kier alpha value is -1.29. The third kappa shape index (κ3) is 3.38. The molecule has 0 aromatic carbocycles. The van der Waals surface area contributed by atoms with E-state index in [4.69, 9.17) is 10.2 Å². The number of hydrogen-bond donors (Lipinski definition) is 2. The summed E-state index contributed by atoms with van der Waals surface area (Å²) in [6, 6.07) is 3.68. The number of nitrogens with one attached hydrogen (secondary N) is 1. The van der Waals surface area contributed by atoms with Crippen molar-refractivity contribution in [1.29, 1.82) is 0 Å². The van der Waals surface area contributed by atoms with Gasteiger partial charge < -0.3 is 15.5 Å². The molecule has 4 heteroatoms. The molecule has 0 aliphatic heterocycles.